The summed E-state index contributed by atoms with van der Waals surface area (Å²) in [4.78, 5) is 20.8. The van der Waals surface area contributed by atoms with Crippen LogP contribution in [0.3, 0.4) is 0 Å². The van der Waals surface area contributed by atoms with Gasteiger partial charge in [0.05, 0.1) is 11.7 Å². The topological polar surface area (TPSA) is 92.5 Å². The van der Waals surface area contributed by atoms with Crippen LogP contribution in [0.1, 0.15) is 41.6 Å². The molecular weight excluding hydrogens is 468 g/mol. The maximum absolute atomic E-state index is 15.0. The Hall–Kier alpha value is -3.21. The fraction of sp³-hybridized carbons (Fsp3) is 0.320. The molecule has 1 aliphatic rings. The van der Waals surface area contributed by atoms with Gasteiger partial charge in [-0.25, -0.2) is 22.5 Å². The van der Waals surface area contributed by atoms with Crippen LogP contribution in [0.15, 0.2) is 48.8 Å². The van der Waals surface area contributed by atoms with Crippen molar-refractivity contribution >= 4 is 5.78 Å². The van der Waals surface area contributed by atoms with Crippen molar-refractivity contribution in [3.05, 3.63) is 83.1 Å². The van der Waals surface area contributed by atoms with Crippen molar-refractivity contribution in [3.63, 3.8) is 0 Å². The highest BCUT2D eigenvalue weighted by Crippen LogP contribution is 2.40. The molecule has 1 aromatic carbocycles. The van der Waals surface area contributed by atoms with E-state index in [0.29, 0.717) is 0 Å². The normalized spacial score (nSPS) is 26.5. The lowest BCUT2D eigenvalue weighted by Gasteiger charge is -2.45. The zero-order valence-corrected chi connectivity index (χ0v) is 18.8. The van der Waals surface area contributed by atoms with Crippen LogP contribution in [0, 0.1) is 17.5 Å². The molecule has 0 spiro atoms. The van der Waals surface area contributed by atoms with Crippen molar-refractivity contribution in [1.29, 1.82) is 0 Å². The number of benzene rings is 1. The minimum absolute atomic E-state index is 0.227. The third kappa shape index (κ3) is 4.56. The lowest BCUT2D eigenvalue weighted by molar-refractivity contribution is -0.245. The van der Waals surface area contributed by atoms with Gasteiger partial charge in [0.2, 0.25) is 0 Å². The number of alkyl halides is 1. The number of pyridine rings is 2. The van der Waals surface area contributed by atoms with E-state index >= 15 is 4.39 Å². The highest BCUT2D eigenvalue weighted by Gasteiger charge is 2.51. The van der Waals surface area contributed by atoms with Crippen molar-refractivity contribution in [2.24, 2.45) is 0 Å². The van der Waals surface area contributed by atoms with Crippen LogP contribution in [0.25, 0.3) is 11.3 Å². The number of aliphatic hydroxyl groups excluding tert-OH is 1. The predicted molar refractivity (Wildman–Crippen MR) is 117 cm³/mol. The monoisotopic (exact) mass is 490 g/mol. The summed E-state index contributed by atoms with van der Waals surface area (Å²) in [6.45, 7) is 2.75. The van der Waals surface area contributed by atoms with Gasteiger partial charge in [0.25, 0.3) is 0 Å². The van der Waals surface area contributed by atoms with Gasteiger partial charge in [-0.3, -0.25) is 9.78 Å². The Morgan fingerprint density at radius 3 is 2.49 bits per heavy atom. The number of carbonyl (C=O) groups is 1. The molecule has 0 radical (unpaired) electrons. The van der Waals surface area contributed by atoms with Gasteiger partial charge < -0.3 is 14.9 Å². The number of hydrogen-bond acceptors (Lipinski definition) is 6. The number of carbonyl (C=O) groups excluding carboxylic acids is 1. The third-order valence-corrected chi connectivity index (χ3v) is 6.29. The molecule has 3 aromatic rings. The molecule has 5 atom stereocenters. The summed E-state index contributed by atoms with van der Waals surface area (Å²) in [6, 6.07) is 6.40. The quantitative estimate of drug-likeness (QED) is 0.417. The molecule has 184 valence electrons. The molecule has 1 aliphatic heterocycles. The summed E-state index contributed by atoms with van der Waals surface area (Å²) < 4.78 is 63.4. The Balaban J connectivity index is 1.66. The number of nitrogens with zero attached hydrogens (tertiary/aromatic N) is 2. The molecule has 10 heteroatoms. The predicted octanol–water partition coefficient (Wildman–Crippen LogP) is 3.90. The Kier molecular flexibility index (Phi) is 6.72. The van der Waals surface area contributed by atoms with Crippen molar-refractivity contribution < 1.29 is 37.3 Å². The van der Waals surface area contributed by atoms with Gasteiger partial charge in [-0.05, 0) is 55.3 Å². The first-order chi connectivity index (χ1) is 16.5. The van der Waals surface area contributed by atoms with Crippen LogP contribution in [0.5, 0.6) is 0 Å². The van der Waals surface area contributed by atoms with Crippen molar-refractivity contribution in [2.45, 2.75) is 50.4 Å². The van der Waals surface area contributed by atoms with E-state index in [2.05, 4.69) is 9.97 Å². The van der Waals surface area contributed by atoms with Crippen LogP contribution in [0.2, 0.25) is 0 Å². The maximum Gasteiger partial charge on any atom is 0.185 e. The second-order valence-corrected chi connectivity index (χ2v) is 8.61. The number of rotatable bonds is 5. The van der Waals surface area contributed by atoms with Gasteiger partial charge in [0, 0.05) is 18.8 Å². The second-order valence-electron chi connectivity index (χ2n) is 8.61. The van der Waals surface area contributed by atoms with Gasteiger partial charge in [0.1, 0.15) is 46.6 Å². The SMILES string of the molecule is C[C@H]1O[C@@H](c2ccncc2CC(=O)c2ccc(F)c(-c3c(F)cccc3F)n2)[C@H](F)[C@@H](O)[C@]1(C)O. The first-order valence-electron chi connectivity index (χ1n) is 10.8. The molecule has 4 rings (SSSR count). The highest BCUT2D eigenvalue weighted by atomic mass is 19.1. The van der Waals surface area contributed by atoms with Crippen molar-refractivity contribution in [1.82, 2.24) is 9.97 Å². The molecule has 3 heterocycles. The zero-order valence-electron chi connectivity index (χ0n) is 18.8. The molecule has 0 aliphatic carbocycles. The highest BCUT2D eigenvalue weighted by molar-refractivity contribution is 5.96. The van der Waals surface area contributed by atoms with Gasteiger partial charge in [0.15, 0.2) is 12.0 Å². The minimum atomic E-state index is -2.00. The summed E-state index contributed by atoms with van der Waals surface area (Å²) >= 11 is 0. The number of aromatic nitrogens is 2. The number of hydrogen-bond donors (Lipinski definition) is 2. The van der Waals surface area contributed by atoms with Crippen molar-refractivity contribution in [3.8, 4) is 11.3 Å². The van der Waals surface area contributed by atoms with E-state index in [9.17, 15) is 28.2 Å². The van der Waals surface area contributed by atoms with Crippen LogP contribution < -0.4 is 0 Å². The zero-order chi connectivity index (χ0) is 25.5. The summed E-state index contributed by atoms with van der Waals surface area (Å²) in [7, 11) is 0. The van der Waals surface area contributed by atoms with Gasteiger partial charge in [-0.1, -0.05) is 6.07 Å². The van der Waals surface area contributed by atoms with Crippen LogP contribution in [-0.4, -0.2) is 49.9 Å². The number of Topliss-reactive ketones (excluding diaryl/α,β-unsaturated/α-hetero) is 1. The average Bonchev–Trinajstić information content (AvgIpc) is 2.82. The summed E-state index contributed by atoms with van der Waals surface area (Å²) in [5.41, 5.74) is -2.98. The van der Waals surface area contributed by atoms with Gasteiger partial charge in [-0.15, -0.1) is 0 Å². The van der Waals surface area contributed by atoms with Gasteiger partial charge >= 0.3 is 0 Å². The average molecular weight is 490 g/mol. The molecule has 1 saturated heterocycles. The lowest BCUT2D eigenvalue weighted by atomic mass is 9.82. The molecule has 2 N–H and O–H groups in total. The van der Waals surface area contributed by atoms with E-state index in [1.807, 2.05) is 0 Å². The van der Waals surface area contributed by atoms with Crippen LogP contribution in [0.4, 0.5) is 17.6 Å². The Labute approximate surface area is 198 Å². The van der Waals surface area contributed by atoms with Crippen LogP contribution >= 0.6 is 0 Å². The van der Waals surface area contributed by atoms with E-state index < -0.39 is 64.6 Å². The smallest absolute Gasteiger partial charge is 0.185 e. The van der Waals surface area contributed by atoms with E-state index in [4.69, 9.17) is 4.74 Å². The maximum atomic E-state index is 15.0. The van der Waals surface area contributed by atoms with Crippen LogP contribution in [-0.2, 0) is 11.2 Å². The first-order valence-corrected chi connectivity index (χ1v) is 10.8. The standard InChI is InChI=1S/C25H22F4N2O4/c1-12-25(2,34)24(33)21(29)23(35-12)14-8-9-30-11-13(14)10-19(32)18-7-6-17(28)22(31-18)20-15(26)4-3-5-16(20)27/h3-9,11-12,21,23-24,33-34H,10H2,1-2H3/t12-,21+,23+,24-,25-/m1/s1. The molecule has 35 heavy (non-hydrogen) atoms. The molecule has 0 amide bonds. The van der Waals surface area contributed by atoms with Gasteiger partial charge in [-0.2, -0.15) is 0 Å². The fourth-order valence-electron chi connectivity index (χ4n) is 4.03. The Morgan fingerprint density at radius 1 is 1.11 bits per heavy atom. The molecule has 6 nitrogen and oxygen atoms in total. The largest absolute Gasteiger partial charge is 0.387 e. The molecule has 0 saturated carbocycles. The van der Waals surface area contributed by atoms with Crippen molar-refractivity contribution in [2.75, 3.05) is 0 Å². The molecule has 1 fully saturated rings. The Bertz CT molecular complexity index is 1250. The van der Waals surface area contributed by atoms with E-state index in [0.717, 1.165) is 30.3 Å². The lowest BCUT2D eigenvalue weighted by Crippen LogP contribution is -2.59. The van der Waals surface area contributed by atoms with E-state index in [1.54, 1.807) is 0 Å². The number of aliphatic hydroxyl groups is 2. The second kappa shape index (κ2) is 9.44. The van der Waals surface area contributed by atoms with E-state index in [1.165, 1.54) is 32.3 Å². The molecule has 2 aromatic heterocycles. The molecule has 0 unspecified atom stereocenters. The minimum Gasteiger partial charge on any atom is -0.387 e. The number of halogens is 4. The third-order valence-electron chi connectivity index (χ3n) is 6.29. The summed E-state index contributed by atoms with van der Waals surface area (Å²) in [5, 5.41) is 20.6. The first kappa shape index (κ1) is 24.9. The molecular formula is C25H22F4N2O4. The fourth-order valence-corrected chi connectivity index (χ4v) is 4.03. The summed E-state index contributed by atoms with van der Waals surface area (Å²) in [6.07, 6.45) is -3.67. The number of ketones is 1. The molecule has 0 bridgehead atoms. The Morgan fingerprint density at radius 2 is 1.80 bits per heavy atom. The van der Waals surface area contributed by atoms with E-state index in [-0.39, 0.29) is 23.2 Å². The summed E-state index contributed by atoms with van der Waals surface area (Å²) in [5.74, 6) is -3.74. The number of ether oxygens (including phenoxy) is 1.